The van der Waals surface area contributed by atoms with Crippen LogP contribution in [0, 0.1) is 0 Å². The molecule has 2 aromatic heterocycles. The smallest absolute Gasteiger partial charge is 0.276 e. The number of nitrogens with two attached hydrogens (primary N) is 1. The molecule has 2 aromatic rings. The summed E-state index contributed by atoms with van der Waals surface area (Å²) in [6.45, 7) is 2.31. The first-order valence-corrected chi connectivity index (χ1v) is 5.26. The number of methoxy groups -OCH3 is 1. The number of aromatic nitrogens is 3. The minimum Gasteiger partial charge on any atom is -0.374 e. The third-order valence-corrected chi connectivity index (χ3v) is 2.44. The van der Waals surface area contributed by atoms with Gasteiger partial charge in [-0.15, -0.1) is 0 Å². The van der Waals surface area contributed by atoms with Crippen LogP contribution in [0.15, 0.2) is 22.9 Å². The van der Waals surface area contributed by atoms with Gasteiger partial charge in [-0.25, -0.2) is 0 Å². The molecule has 6 nitrogen and oxygen atoms in total. The van der Waals surface area contributed by atoms with Crippen LogP contribution in [0.5, 0.6) is 0 Å². The van der Waals surface area contributed by atoms with Gasteiger partial charge < -0.3 is 15.0 Å². The van der Waals surface area contributed by atoms with E-state index >= 15 is 0 Å². The van der Waals surface area contributed by atoms with Crippen LogP contribution in [0.2, 0.25) is 0 Å². The zero-order chi connectivity index (χ0) is 12.3. The molecule has 1 unspecified atom stereocenters. The molecule has 0 aromatic carbocycles. The highest BCUT2D eigenvalue weighted by Crippen LogP contribution is 2.18. The van der Waals surface area contributed by atoms with E-state index in [0.717, 1.165) is 5.56 Å². The molecule has 0 saturated carbocycles. The summed E-state index contributed by atoms with van der Waals surface area (Å²) in [6, 6.07) is 3.68. The first kappa shape index (κ1) is 11.7. The molecular formula is C11H14N4O2. The normalized spacial score (nSPS) is 12.6. The SMILES string of the molecule is COC(C)c1noc(-c2ccc(CN)cn2)n1. The van der Waals surface area contributed by atoms with Gasteiger partial charge in [0.25, 0.3) is 5.89 Å². The monoisotopic (exact) mass is 234 g/mol. The van der Waals surface area contributed by atoms with E-state index in [1.165, 1.54) is 0 Å². The Morgan fingerprint density at radius 1 is 1.47 bits per heavy atom. The lowest BCUT2D eigenvalue weighted by Crippen LogP contribution is -1.98. The average molecular weight is 234 g/mol. The van der Waals surface area contributed by atoms with Gasteiger partial charge in [0.15, 0.2) is 0 Å². The molecule has 2 heterocycles. The largest absolute Gasteiger partial charge is 0.374 e. The maximum Gasteiger partial charge on any atom is 0.276 e. The number of pyridine rings is 1. The Morgan fingerprint density at radius 3 is 2.88 bits per heavy atom. The number of rotatable bonds is 4. The summed E-state index contributed by atoms with van der Waals surface area (Å²) in [6.07, 6.45) is 1.50. The van der Waals surface area contributed by atoms with E-state index in [-0.39, 0.29) is 6.10 Å². The molecule has 6 heteroatoms. The van der Waals surface area contributed by atoms with Crippen molar-refractivity contribution in [2.24, 2.45) is 5.73 Å². The summed E-state index contributed by atoms with van der Waals surface area (Å²) in [4.78, 5) is 8.41. The summed E-state index contributed by atoms with van der Waals surface area (Å²) in [5.41, 5.74) is 7.08. The van der Waals surface area contributed by atoms with Crippen LogP contribution in [-0.4, -0.2) is 22.2 Å². The van der Waals surface area contributed by atoms with Crippen molar-refractivity contribution in [3.63, 3.8) is 0 Å². The van der Waals surface area contributed by atoms with E-state index in [2.05, 4.69) is 15.1 Å². The first-order chi connectivity index (χ1) is 8.24. The van der Waals surface area contributed by atoms with Gasteiger partial charge in [0.05, 0.1) is 0 Å². The van der Waals surface area contributed by atoms with Gasteiger partial charge in [0.2, 0.25) is 5.82 Å². The maximum absolute atomic E-state index is 5.49. The summed E-state index contributed by atoms with van der Waals surface area (Å²) in [5.74, 6) is 0.889. The summed E-state index contributed by atoms with van der Waals surface area (Å²) in [5, 5.41) is 3.83. The maximum atomic E-state index is 5.49. The van der Waals surface area contributed by atoms with Crippen LogP contribution in [0.3, 0.4) is 0 Å². The minimum absolute atomic E-state index is 0.198. The highest BCUT2D eigenvalue weighted by Gasteiger charge is 2.14. The second kappa shape index (κ2) is 5.03. The summed E-state index contributed by atoms with van der Waals surface area (Å²) in [7, 11) is 1.59. The van der Waals surface area contributed by atoms with Crippen molar-refractivity contribution >= 4 is 0 Å². The number of ether oxygens (including phenoxy) is 1. The lowest BCUT2D eigenvalue weighted by Gasteiger charge is -2.00. The predicted octanol–water partition coefficient (Wildman–Crippen LogP) is 1.30. The Balaban J connectivity index is 2.24. The molecule has 0 fully saturated rings. The molecule has 0 aliphatic carbocycles. The van der Waals surface area contributed by atoms with Crippen molar-refractivity contribution in [2.45, 2.75) is 19.6 Å². The summed E-state index contributed by atoms with van der Waals surface area (Å²) < 4.78 is 10.2. The quantitative estimate of drug-likeness (QED) is 0.857. The number of hydrogen-bond acceptors (Lipinski definition) is 6. The van der Waals surface area contributed by atoms with Gasteiger partial charge in [0, 0.05) is 19.9 Å². The fourth-order valence-electron chi connectivity index (χ4n) is 1.28. The Bertz CT molecular complexity index is 480. The van der Waals surface area contributed by atoms with Crippen molar-refractivity contribution in [3.8, 4) is 11.6 Å². The molecule has 0 saturated heterocycles. The third-order valence-electron chi connectivity index (χ3n) is 2.44. The van der Waals surface area contributed by atoms with E-state index in [0.29, 0.717) is 24.0 Å². The molecule has 2 rings (SSSR count). The predicted molar refractivity (Wildman–Crippen MR) is 60.8 cm³/mol. The molecule has 0 spiro atoms. The van der Waals surface area contributed by atoms with Crippen molar-refractivity contribution in [1.29, 1.82) is 0 Å². The van der Waals surface area contributed by atoms with E-state index in [4.69, 9.17) is 15.0 Å². The molecule has 1 atom stereocenters. The van der Waals surface area contributed by atoms with Gasteiger partial charge in [0.1, 0.15) is 11.8 Å². The van der Waals surface area contributed by atoms with Crippen LogP contribution in [-0.2, 0) is 11.3 Å². The van der Waals surface area contributed by atoms with Crippen molar-refractivity contribution < 1.29 is 9.26 Å². The lowest BCUT2D eigenvalue weighted by molar-refractivity contribution is 0.109. The summed E-state index contributed by atoms with van der Waals surface area (Å²) >= 11 is 0. The second-order valence-electron chi connectivity index (χ2n) is 3.59. The molecule has 0 aliphatic rings. The Kier molecular flexibility index (Phi) is 3.46. The molecule has 0 amide bonds. The Labute approximate surface area is 98.8 Å². The van der Waals surface area contributed by atoms with Gasteiger partial charge >= 0.3 is 0 Å². The van der Waals surface area contributed by atoms with E-state index in [1.54, 1.807) is 19.4 Å². The zero-order valence-electron chi connectivity index (χ0n) is 9.75. The molecule has 0 bridgehead atoms. The van der Waals surface area contributed by atoms with Crippen LogP contribution in [0.4, 0.5) is 0 Å². The van der Waals surface area contributed by atoms with Crippen molar-refractivity contribution in [2.75, 3.05) is 7.11 Å². The number of hydrogen-bond donors (Lipinski definition) is 1. The zero-order valence-corrected chi connectivity index (χ0v) is 9.75. The fraction of sp³-hybridized carbons (Fsp3) is 0.364. The molecule has 17 heavy (non-hydrogen) atoms. The van der Waals surface area contributed by atoms with Crippen LogP contribution in [0.25, 0.3) is 11.6 Å². The van der Waals surface area contributed by atoms with Crippen LogP contribution >= 0.6 is 0 Å². The average Bonchev–Trinajstić information content (AvgIpc) is 2.87. The van der Waals surface area contributed by atoms with Crippen LogP contribution < -0.4 is 5.73 Å². The fourth-order valence-corrected chi connectivity index (χ4v) is 1.28. The van der Waals surface area contributed by atoms with E-state index in [1.807, 2.05) is 13.0 Å². The van der Waals surface area contributed by atoms with Crippen molar-refractivity contribution in [1.82, 2.24) is 15.1 Å². The highest BCUT2D eigenvalue weighted by molar-refractivity contribution is 5.46. The Hall–Kier alpha value is -1.79. The minimum atomic E-state index is -0.198. The van der Waals surface area contributed by atoms with Gasteiger partial charge in [-0.3, -0.25) is 4.98 Å². The third kappa shape index (κ3) is 2.48. The van der Waals surface area contributed by atoms with Crippen molar-refractivity contribution in [3.05, 3.63) is 29.7 Å². The van der Waals surface area contributed by atoms with Gasteiger partial charge in [-0.05, 0) is 18.6 Å². The topological polar surface area (TPSA) is 87.1 Å². The standard InChI is InChI=1S/C11H14N4O2/c1-7(16-2)10-14-11(17-15-10)9-4-3-8(5-12)6-13-9/h3-4,6-7H,5,12H2,1-2H3. The lowest BCUT2D eigenvalue weighted by atomic mass is 10.2. The van der Waals surface area contributed by atoms with E-state index in [9.17, 15) is 0 Å². The molecule has 0 radical (unpaired) electrons. The number of nitrogens with zero attached hydrogens (tertiary/aromatic N) is 3. The Morgan fingerprint density at radius 2 is 2.29 bits per heavy atom. The molecular weight excluding hydrogens is 220 g/mol. The van der Waals surface area contributed by atoms with Crippen LogP contribution in [0.1, 0.15) is 24.4 Å². The van der Waals surface area contributed by atoms with Gasteiger partial charge in [-0.1, -0.05) is 11.2 Å². The molecule has 90 valence electrons. The molecule has 2 N–H and O–H groups in total. The second-order valence-corrected chi connectivity index (χ2v) is 3.59. The highest BCUT2D eigenvalue weighted by atomic mass is 16.5. The van der Waals surface area contributed by atoms with E-state index < -0.39 is 0 Å². The van der Waals surface area contributed by atoms with Gasteiger partial charge in [-0.2, -0.15) is 4.98 Å². The molecule has 0 aliphatic heterocycles. The first-order valence-electron chi connectivity index (χ1n) is 5.26.